The normalized spacial score (nSPS) is 24.5. The van der Waals surface area contributed by atoms with E-state index in [9.17, 15) is 35.1 Å². The second-order valence-corrected chi connectivity index (χ2v) is 21.7. The average Bonchev–Trinajstić information content (AvgIpc) is 4.05. The Kier molecular flexibility index (Phi) is 15.4. The zero-order valence-corrected chi connectivity index (χ0v) is 39.1. The smallest absolute Gasteiger partial charge is 0.165 e. The van der Waals surface area contributed by atoms with Gasteiger partial charge in [0.1, 0.15) is 5.75 Å². The number of phenolic OH excluding ortho intramolecular Hbond substituents is 2. The van der Waals surface area contributed by atoms with Gasteiger partial charge in [-0.3, -0.25) is 9.59 Å². The summed E-state index contributed by atoms with van der Waals surface area (Å²) in [6.45, 7) is -0.0520. The van der Waals surface area contributed by atoms with E-state index in [2.05, 4.69) is 22.9 Å². The number of rotatable bonds is 7. The number of aliphatic hydroxyl groups is 3. The highest BCUT2D eigenvalue weighted by molar-refractivity contribution is 8.76. The Labute approximate surface area is 395 Å². The summed E-state index contributed by atoms with van der Waals surface area (Å²) in [4.78, 5) is 31.0. The first-order valence-electron chi connectivity index (χ1n) is 23.4. The van der Waals surface area contributed by atoms with E-state index in [1.165, 1.54) is 0 Å². The molecule has 350 valence electrons. The lowest BCUT2D eigenvalue weighted by molar-refractivity contribution is -0.114. The fourth-order valence-corrected chi connectivity index (χ4v) is 13.4. The number of aliphatic hydroxyl groups excluding tert-OH is 3. The van der Waals surface area contributed by atoms with E-state index in [1.54, 1.807) is 64.2 Å². The fraction of sp³-hybridized carbons (Fsp3) is 0.472. The minimum Gasteiger partial charge on any atom is -0.508 e. The number of aromatic nitrogens is 1. The lowest BCUT2D eigenvalue weighted by atomic mass is 9.70. The molecule has 11 nitrogen and oxygen atoms in total. The number of aromatic amines is 1. The highest BCUT2D eigenvalue weighted by atomic mass is 33.1. The van der Waals surface area contributed by atoms with E-state index in [-0.39, 0.29) is 60.5 Å². The maximum atomic E-state index is 14.2. The Morgan fingerprint density at radius 3 is 2.48 bits per heavy atom. The molecule has 1 aromatic heterocycles. The first-order valence-corrected chi connectivity index (χ1v) is 25.9. The van der Waals surface area contributed by atoms with Gasteiger partial charge in [0.15, 0.2) is 23.1 Å². The molecule has 13 heteroatoms. The second kappa shape index (κ2) is 21.2. The summed E-state index contributed by atoms with van der Waals surface area (Å²) in [7, 11) is 3.33. The minimum absolute atomic E-state index is 0.0119. The lowest BCUT2D eigenvalue weighted by Gasteiger charge is -2.35. The van der Waals surface area contributed by atoms with E-state index in [4.69, 9.17) is 16.2 Å². The maximum absolute atomic E-state index is 14.2. The van der Waals surface area contributed by atoms with Crippen LogP contribution in [0.3, 0.4) is 0 Å². The molecular formula is C53H63N3O8S2. The van der Waals surface area contributed by atoms with Crippen molar-refractivity contribution in [3.8, 4) is 29.1 Å². The summed E-state index contributed by atoms with van der Waals surface area (Å²) in [5.74, 6) is 7.48. The topological polar surface area (TPSA) is 212 Å². The van der Waals surface area contributed by atoms with Crippen LogP contribution in [0.15, 0.2) is 72.9 Å². The van der Waals surface area contributed by atoms with Crippen LogP contribution in [0.5, 0.6) is 17.2 Å². The molecular weight excluding hydrogens is 871 g/mol. The number of ether oxygens (including phenoxy) is 1. The van der Waals surface area contributed by atoms with E-state index in [0.29, 0.717) is 72.5 Å². The van der Waals surface area contributed by atoms with Crippen LogP contribution in [0.1, 0.15) is 138 Å². The number of aryl methyl sites for hydroxylation is 1. The number of hydrogen-bond donors (Lipinski definition) is 8. The number of phenols is 2. The van der Waals surface area contributed by atoms with Crippen molar-refractivity contribution in [3.05, 3.63) is 123 Å². The molecule has 3 aliphatic carbocycles. The van der Waals surface area contributed by atoms with Crippen molar-refractivity contribution in [1.82, 2.24) is 4.98 Å². The Bertz CT molecular complexity index is 2480. The van der Waals surface area contributed by atoms with Gasteiger partial charge in [-0.2, -0.15) is 0 Å². The number of ketones is 2. The van der Waals surface area contributed by atoms with Crippen LogP contribution < -0.4 is 16.2 Å². The first kappa shape index (κ1) is 48.0. The largest absolute Gasteiger partial charge is 0.508 e. The van der Waals surface area contributed by atoms with Crippen molar-refractivity contribution in [2.75, 3.05) is 19.0 Å². The number of aromatic hydroxyl groups is 2. The van der Waals surface area contributed by atoms with Gasteiger partial charge in [-0.05, 0) is 132 Å². The monoisotopic (exact) mass is 933 g/mol. The van der Waals surface area contributed by atoms with Gasteiger partial charge in [-0.25, -0.2) is 0 Å². The quantitative estimate of drug-likeness (QED) is 0.0502. The van der Waals surface area contributed by atoms with Gasteiger partial charge in [0.25, 0.3) is 0 Å². The molecule has 0 radical (unpaired) electrons. The number of carbonyl (C=O) groups excluding carboxylic acids is 2. The second-order valence-electron chi connectivity index (χ2n) is 19.2. The van der Waals surface area contributed by atoms with Gasteiger partial charge in [-0.15, -0.1) is 0 Å². The summed E-state index contributed by atoms with van der Waals surface area (Å²) in [6.07, 6.45) is 12.5. The van der Waals surface area contributed by atoms with Crippen LogP contribution in [-0.2, 0) is 29.8 Å². The highest BCUT2D eigenvalue weighted by Gasteiger charge is 2.45. The first-order chi connectivity index (χ1) is 31.8. The van der Waals surface area contributed by atoms with Crippen molar-refractivity contribution >= 4 is 33.2 Å². The number of fused-ring (bicyclic) bond motifs is 9. The Morgan fingerprint density at radius 1 is 0.909 bits per heavy atom. The molecule has 0 saturated heterocycles. The van der Waals surface area contributed by atoms with Crippen molar-refractivity contribution in [2.24, 2.45) is 28.2 Å². The molecule has 8 bridgehead atoms. The average molecular weight is 934 g/mol. The maximum Gasteiger partial charge on any atom is 0.165 e. The molecule has 66 heavy (non-hydrogen) atoms. The zero-order chi connectivity index (χ0) is 46.4. The Hall–Kier alpha value is -4.52. The van der Waals surface area contributed by atoms with Crippen LogP contribution in [0.25, 0.3) is 0 Å². The number of nitrogens with one attached hydrogen (secondary N) is 1. The number of allylic oxidation sites excluding steroid dienone is 2. The summed E-state index contributed by atoms with van der Waals surface area (Å²) >= 11 is 0. The molecule has 0 unspecified atom stereocenters. The number of benzene rings is 3. The fourth-order valence-electron chi connectivity index (χ4n) is 10.9. The summed E-state index contributed by atoms with van der Waals surface area (Å²) in [5.41, 5.74) is 19.1. The van der Waals surface area contributed by atoms with Crippen molar-refractivity contribution in [1.29, 1.82) is 0 Å². The molecule has 5 atom stereocenters. The molecule has 2 saturated carbocycles. The van der Waals surface area contributed by atoms with Crippen LogP contribution in [0.4, 0.5) is 0 Å². The van der Waals surface area contributed by atoms with E-state index < -0.39 is 29.7 Å². The Balaban J connectivity index is 1.14. The van der Waals surface area contributed by atoms with E-state index >= 15 is 0 Å². The number of nitrogens with two attached hydrogens (primary N) is 2. The van der Waals surface area contributed by atoms with Crippen molar-refractivity contribution < 1.29 is 39.9 Å². The van der Waals surface area contributed by atoms with Crippen molar-refractivity contribution in [2.45, 2.75) is 120 Å². The predicted molar refractivity (Wildman–Crippen MR) is 260 cm³/mol. The summed E-state index contributed by atoms with van der Waals surface area (Å²) < 4.78 is 6.15. The highest BCUT2D eigenvalue weighted by Crippen LogP contribution is 2.54. The molecule has 8 rings (SSSR count). The molecule has 4 aromatic rings. The number of H-pyrrole nitrogens is 1. The van der Waals surface area contributed by atoms with Crippen LogP contribution >= 0.6 is 21.6 Å². The van der Waals surface area contributed by atoms with Crippen LogP contribution in [0, 0.1) is 28.6 Å². The summed E-state index contributed by atoms with van der Waals surface area (Å²) in [5, 5.41) is 54.4. The molecule has 2 heterocycles. The summed E-state index contributed by atoms with van der Waals surface area (Å²) in [6, 6.07) is 16.3. The van der Waals surface area contributed by atoms with Gasteiger partial charge < -0.3 is 46.7 Å². The molecule has 10 N–H and O–H groups in total. The Morgan fingerprint density at radius 2 is 1.70 bits per heavy atom. The lowest BCUT2D eigenvalue weighted by Crippen LogP contribution is -2.28. The zero-order valence-electron chi connectivity index (χ0n) is 37.5. The molecule has 3 aromatic carbocycles. The molecule has 1 aliphatic heterocycles. The van der Waals surface area contributed by atoms with E-state index in [1.807, 2.05) is 24.3 Å². The van der Waals surface area contributed by atoms with Crippen LogP contribution in [0.2, 0.25) is 0 Å². The minimum atomic E-state index is -0.801. The standard InChI is InChI=1S/C53H63N3O8S2/c54-51(55)42-24-35-4-3-5-45-40(13-20-56-45)48(62)26-43-41(35)25-36(42)31-65-66-32-37-27-53(29-49(37)63,19-18-52(15-1-2-16-52)28-39(59)30-57)17-12-38(58)9-6-33-8-11-47(61)50(23-33)64-21-14-34-7-10-46(60)44(43)22-34/h7-8,10-13,17,20,22-25,37,39,43,49,51,56-57,59-61,63H,1-2,5-6,9,14-16,18-19,21,26-32,54-55H2/b17-12+/t37-,39-,43+,49+,53+/m0/s1. The third-order valence-electron chi connectivity index (χ3n) is 14.6. The predicted octanol–water partition coefficient (Wildman–Crippen LogP) is 8.07. The third-order valence-corrected chi connectivity index (χ3v) is 17.0. The van der Waals surface area contributed by atoms with Gasteiger partial charge in [0, 0.05) is 65.3 Å². The van der Waals surface area contributed by atoms with E-state index in [0.717, 1.165) is 72.0 Å². The molecule has 4 aliphatic rings. The molecule has 0 amide bonds. The number of carbonyl (C=O) groups is 2. The van der Waals surface area contributed by atoms with Crippen LogP contribution in [-0.4, -0.2) is 73.3 Å². The van der Waals surface area contributed by atoms with Gasteiger partial charge in [0.2, 0.25) is 0 Å². The third kappa shape index (κ3) is 11.2. The number of hydrogen-bond acceptors (Lipinski definition) is 12. The van der Waals surface area contributed by atoms with Crippen molar-refractivity contribution in [3.63, 3.8) is 0 Å². The van der Waals surface area contributed by atoms with Gasteiger partial charge in [-0.1, -0.05) is 76.6 Å². The number of Topliss-reactive ketones (excluding diaryl/α,β-unsaturated/α-hetero) is 1. The SMILES string of the molecule is NC(N)c1cc2c3cc1CSSC[C@@H]1C[C@](CCC4(C[C@H](O)CO)CCCC4)(/C=C/C(=O)CCc4ccc(O)c(c4)OCCc4ccc(O)c(c4)[C@@H]3CC(=O)c3cc[nH]c3CC#C2)C[C@H]1O. The molecule has 0 spiro atoms. The molecule has 2 fully saturated rings. The van der Waals surface area contributed by atoms with Gasteiger partial charge >= 0.3 is 0 Å². The van der Waals surface area contributed by atoms with Gasteiger partial charge in [0.05, 0.1) is 38.0 Å².